The Bertz CT molecular complexity index is 400. The van der Waals surface area contributed by atoms with Gasteiger partial charge in [0, 0.05) is 33.2 Å². The molecule has 0 amide bonds. The summed E-state index contributed by atoms with van der Waals surface area (Å²) >= 11 is 3.39. The number of benzene rings is 1. The van der Waals surface area contributed by atoms with Crippen LogP contribution in [0.2, 0.25) is 0 Å². The largest absolute Gasteiger partial charge is 0.259 e. The Labute approximate surface area is 107 Å². The van der Waals surface area contributed by atoms with Gasteiger partial charge in [0.25, 0.3) is 0 Å². The Morgan fingerprint density at radius 1 is 1.38 bits per heavy atom. The summed E-state index contributed by atoms with van der Waals surface area (Å²) in [7, 11) is -0.813. The van der Waals surface area contributed by atoms with Crippen molar-refractivity contribution in [3.8, 4) is 6.07 Å². The van der Waals surface area contributed by atoms with E-state index in [2.05, 4.69) is 22.0 Å². The van der Waals surface area contributed by atoms with E-state index in [1.807, 2.05) is 24.3 Å². The molecule has 0 fully saturated rings. The summed E-state index contributed by atoms with van der Waals surface area (Å²) in [6, 6.07) is 9.98. The molecule has 86 valence electrons. The molecule has 0 aliphatic heterocycles. The van der Waals surface area contributed by atoms with Crippen molar-refractivity contribution in [2.24, 2.45) is 0 Å². The van der Waals surface area contributed by atoms with Crippen molar-refractivity contribution in [3.63, 3.8) is 0 Å². The van der Waals surface area contributed by atoms with Crippen molar-refractivity contribution in [1.29, 1.82) is 5.26 Å². The Balaban J connectivity index is 2.32. The van der Waals surface area contributed by atoms with Crippen molar-refractivity contribution in [2.45, 2.75) is 25.0 Å². The van der Waals surface area contributed by atoms with Crippen molar-refractivity contribution >= 4 is 26.7 Å². The molecule has 0 saturated heterocycles. The number of hydrogen-bond donors (Lipinski definition) is 0. The number of hydrogen-bond acceptors (Lipinski definition) is 2. The van der Waals surface area contributed by atoms with E-state index >= 15 is 0 Å². The highest BCUT2D eigenvalue weighted by Crippen LogP contribution is 2.13. The van der Waals surface area contributed by atoms with Gasteiger partial charge in [-0.15, -0.1) is 0 Å². The van der Waals surface area contributed by atoms with E-state index < -0.39 is 10.8 Å². The normalized spacial score (nSPS) is 12.0. The van der Waals surface area contributed by atoms with E-state index in [0.29, 0.717) is 17.9 Å². The fourth-order valence-electron chi connectivity index (χ4n) is 1.35. The second kappa shape index (κ2) is 7.59. The molecule has 2 nitrogen and oxygen atoms in total. The van der Waals surface area contributed by atoms with Crippen LogP contribution in [-0.2, 0) is 16.6 Å². The van der Waals surface area contributed by atoms with Crippen LogP contribution in [0.25, 0.3) is 0 Å². The lowest BCUT2D eigenvalue weighted by Gasteiger charge is -2.02. The SMILES string of the molecule is N#CCCCC[S@](=O)Cc1cccc(Br)c1. The van der Waals surface area contributed by atoms with Crippen LogP contribution in [0.4, 0.5) is 0 Å². The molecule has 0 N–H and O–H groups in total. The van der Waals surface area contributed by atoms with E-state index in [9.17, 15) is 4.21 Å². The highest BCUT2D eigenvalue weighted by atomic mass is 79.9. The molecular formula is C12H14BrNOS. The highest BCUT2D eigenvalue weighted by Gasteiger charge is 2.02. The maximum absolute atomic E-state index is 11.7. The van der Waals surface area contributed by atoms with Gasteiger partial charge < -0.3 is 0 Å². The summed E-state index contributed by atoms with van der Waals surface area (Å²) in [5.74, 6) is 1.29. The third-order valence-electron chi connectivity index (χ3n) is 2.13. The highest BCUT2D eigenvalue weighted by molar-refractivity contribution is 9.10. The summed E-state index contributed by atoms with van der Waals surface area (Å²) in [5.41, 5.74) is 1.09. The smallest absolute Gasteiger partial charge is 0.0621 e. The Kier molecular flexibility index (Phi) is 6.36. The molecule has 1 aromatic carbocycles. The Hall–Kier alpha value is -0.660. The second-order valence-corrected chi connectivity index (χ2v) is 6.03. The monoisotopic (exact) mass is 299 g/mol. The minimum absolute atomic E-state index is 0.564. The number of rotatable bonds is 6. The topological polar surface area (TPSA) is 40.9 Å². The van der Waals surface area contributed by atoms with Gasteiger partial charge in [-0.2, -0.15) is 5.26 Å². The van der Waals surface area contributed by atoms with Crippen LogP contribution in [0.1, 0.15) is 24.8 Å². The van der Waals surface area contributed by atoms with Crippen molar-refractivity contribution < 1.29 is 4.21 Å². The molecule has 0 bridgehead atoms. The molecule has 0 unspecified atom stereocenters. The van der Waals surface area contributed by atoms with E-state index in [-0.39, 0.29) is 0 Å². The van der Waals surface area contributed by atoms with E-state index in [0.717, 1.165) is 22.9 Å². The first kappa shape index (κ1) is 13.4. The van der Waals surface area contributed by atoms with E-state index in [4.69, 9.17) is 5.26 Å². The number of nitriles is 1. The molecule has 1 atom stereocenters. The third kappa shape index (κ3) is 5.43. The van der Waals surface area contributed by atoms with Gasteiger partial charge in [0.1, 0.15) is 0 Å². The first-order valence-corrected chi connectivity index (χ1v) is 7.47. The summed E-state index contributed by atoms with van der Waals surface area (Å²) in [4.78, 5) is 0. The third-order valence-corrected chi connectivity index (χ3v) is 4.02. The maximum atomic E-state index is 11.7. The van der Waals surface area contributed by atoms with Gasteiger partial charge in [0.05, 0.1) is 6.07 Å². The fourth-order valence-corrected chi connectivity index (χ4v) is 3.02. The molecule has 4 heteroatoms. The van der Waals surface area contributed by atoms with Gasteiger partial charge >= 0.3 is 0 Å². The van der Waals surface area contributed by atoms with Crippen LogP contribution in [0.15, 0.2) is 28.7 Å². The summed E-state index contributed by atoms with van der Waals surface area (Å²) in [5, 5.41) is 8.37. The van der Waals surface area contributed by atoms with Gasteiger partial charge in [-0.05, 0) is 30.5 Å². The summed E-state index contributed by atoms with van der Waals surface area (Å²) < 4.78 is 12.7. The van der Waals surface area contributed by atoms with Crippen LogP contribution in [0, 0.1) is 11.3 Å². The zero-order chi connectivity index (χ0) is 11.8. The number of nitrogens with zero attached hydrogens (tertiary/aromatic N) is 1. The van der Waals surface area contributed by atoms with Gasteiger partial charge in [0.15, 0.2) is 0 Å². The van der Waals surface area contributed by atoms with E-state index in [1.54, 1.807) is 0 Å². The first-order chi connectivity index (χ1) is 7.72. The molecule has 0 aromatic heterocycles. The molecule has 0 saturated carbocycles. The lowest BCUT2D eigenvalue weighted by molar-refractivity contribution is 0.677. The van der Waals surface area contributed by atoms with Crippen LogP contribution in [0.5, 0.6) is 0 Å². The molecule has 0 radical (unpaired) electrons. The number of halogens is 1. The van der Waals surface area contributed by atoms with Gasteiger partial charge in [-0.1, -0.05) is 28.1 Å². The molecule has 0 aliphatic carbocycles. The van der Waals surface area contributed by atoms with Gasteiger partial charge in [-0.25, -0.2) is 0 Å². The standard InChI is InChI=1S/C12H14BrNOS/c13-12-6-4-5-11(9-12)10-16(15)8-3-1-2-7-14/h4-6,9H,1-3,8,10H2/t16-/m0/s1. The molecule has 1 aromatic rings. The van der Waals surface area contributed by atoms with Crippen molar-refractivity contribution in [2.75, 3.05) is 5.75 Å². The average Bonchev–Trinajstić information content (AvgIpc) is 2.24. The second-order valence-electron chi connectivity index (χ2n) is 3.53. The van der Waals surface area contributed by atoms with Crippen LogP contribution in [0.3, 0.4) is 0 Å². The minimum Gasteiger partial charge on any atom is -0.259 e. The molecule has 0 spiro atoms. The zero-order valence-corrected chi connectivity index (χ0v) is 11.4. The van der Waals surface area contributed by atoms with E-state index in [1.165, 1.54) is 0 Å². The molecule has 1 rings (SSSR count). The van der Waals surface area contributed by atoms with Crippen LogP contribution in [-0.4, -0.2) is 9.96 Å². The lowest BCUT2D eigenvalue weighted by Crippen LogP contribution is -2.01. The Morgan fingerprint density at radius 2 is 2.19 bits per heavy atom. The fraction of sp³-hybridized carbons (Fsp3) is 0.417. The van der Waals surface area contributed by atoms with Crippen LogP contribution >= 0.6 is 15.9 Å². The van der Waals surface area contributed by atoms with Crippen molar-refractivity contribution in [3.05, 3.63) is 34.3 Å². The number of unbranched alkanes of at least 4 members (excludes halogenated alkanes) is 2. The van der Waals surface area contributed by atoms with Gasteiger partial charge in [-0.3, -0.25) is 4.21 Å². The zero-order valence-electron chi connectivity index (χ0n) is 8.99. The lowest BCUT2D eigenvalue weighted by atomic mass is 10.2. The molecule has 0 aliphatic rings. The maximum Gasteiger partial charge on any atom is 0.0621 e. The van der Waals surface area contributed by atoms with Crippen molar-refractivity contribution in [1.82, 2.24) is 0 Å². The minimum atomic E-state index is -0.813. The summed E-state index contributed by atoms with van der Waals surface area (Å²) in [6.07, 6.45) is 2.28. The van der Waals surface area contributed by atoms with Gasteiger partial charge in [0.2, 0.25) is 0 Å². The molecule has 16 heavy (non-hydrogen) atoms. The first-order valence-electron chi connectivity index (χ1n) is 5.19. The Morgan fingerprint density at radius 3 is 2.88 bits per heavy atom. The summed E-state index contributed by atoms with van der Waals surface area (Å²) in [6.45, 7) is 0. The average molecular weight is 300 g/mol. The molecule has 0 heterocycles. The van der Waals surface area contributed by atoms with Crippen LogP contribution < -0.4 is 0 Å². The predicted molar refractivity (Wildman–Crippen MR) is 70.3 cm³/mol. The molecular weight excluding hydrogens is 286 g/mol. The quantitative estimate of drug-likeness (QED) is 0.756. The predicted octanol–water partition coefficient (Wildman–Crippen LogP) is 3.39.